The van der Waals surface area contributed by atoms with Gasteiger partial charge in [0.1, 0.15) is 13.1 Å². The molecule has 0 aliphatic carbocycles. The predicted octanol–water partition coefficient (Wildman–Crippen LogP) is 5.77. The minimum absolute atomic E-state index is 0.0633. The molecule has 0 radical (unpaired) electrons. The lowest BCUT2D eigenvalue weighted by Gasteiger charge is -2.33. The van der Waals surface area contributed by atoms with Crippen LogP contribution >= 0.6 is 23.1 Å². The van der Waals surface area contributed by atoms with Crippen LogP contribution in [-0.2, 0) is 5.75 Å². The van der Waals surface area contributed by atoms with Crippen molar-refractivity contribution < 1.29 is 23.6 Å². The van der Waals surface area contributed by atoms with Gasteiger partial charge in [-0.05, 0) is 23.1 Å². The van der Waals surface area contributed by atoms with Gasteiger partial charge in [-0.1, -0.05) is 37.2 Å². The monoisotopic (exact) mass is 501 g/mol. The number of alkyl halides is 3. The molecule has 2 heterocycles. The fourth-order valence-corrected chi connectivity index (χ4v) is 4.35. The minimum Gasteiger partial charge on any atom is -0.410 e. The highest BCUT2D eigenvalue weighted by molar-refractivity contribution is 8.11. The number of piperazine rings is 1. The van der Waals surface area contributed by atoms with Gasteiger partial charge >= 0.3 is 6.18 Å². The van der Waals surface area contributed by atoms with E-state index in [2.05, 4.69) is 15.5 Å². The average Bonchev–Trinajstić information content (AvgIpc) is 3.35. The molecule has 1 fully saturated rings. The van der Waals surface area contributed by atoms with Crippen LogP contribution < -0.4 is 9.96 Å². The second-order valence-electron chi connectivity index (χ2n) is 6.82. The van der Waals surface area contributed by atoms with Crippen LogP contribution in [-0.4, -0.2) is 54.0 Å². The number of hydrogen-bond donors (Lipinski definition) is 3. The summed E-state index contributed by atoms with van der Waals surface area (Å²) in [5.41, 5.74) is 1.95. The largest absolute Gasteiger partial charge is 0.436 e. The fourth-order valence-electron chi connectivity index (χ4n) is 3.01. The summed E-state index contributed by atoms with van der Waals surface area (Å²) in [5, 5.41) is 26.7. The lowest BCUT2D eigenvalue weighted by Crippen LogP contribution is -2.57. The van der Waals surface area contributed by atoms with E-state index < -0.39 is 11.9 Å². The van der Waals surface area contributed by atoms with Gasteiger partial charge in [-0.25, -0.2) is 10.2 Å². The Hall–Kier alpha value is -2.18. The molecule has 1 aliphatic rings. The van der Waals surface area contributed by atoms with Crippen molar-refractivity contribution in [3.63, 3.8) is 0 Å². The number of rotatable bonds is 7. The molecular weight excluding hydrogens is 473 g/mol. The van der Waals surface area contributed by atoms with Gasteiger partial charge in [0.05, 0.1) is 16.1 Å². The summed E-state index contributed by atoms with van der Waals surface area (Å²) in [6, 6.07) is 11.0. The summed E-state index contributed by atoms with van der Waals surface area (Å²) in [6.45, 7) is 6.72. The molecule has 3 N–H and O–H groups in total. The average molecular weight is 502 g/mol. The Kier molecular flexibility index (Phi) is 10.6. The van der Waals surface area contributed by atoms with E-state index >= 15 is 0 Å². The first-order valence-electron chi connectivity index (χ1n) is 10.4. The van der Waals surface area contributed by atoms with Crippen LogP contribution in [0.4, 0.5) is 18.9 Å². The maximum absolute atomic E-state index is 12.9. The van der Waals surface area contributed by atoms with Crippen LogP contribution in [0, 0.1) is 0 Å². The van der Waals surface area contributed by atoms with Crippen LogP contribution in [0.25, 0.3) is 5.70 Å². The van der Waals surface area contributed by atoms with Crippen molar-refractivity contribution in [1.29, 1.82) is 0 Å². The molecule has 2 aromatic rings. The molecule has 1 aromatic carbocycles. The number of allylic oxidation sites excluding steroid dienone is 1. The molecular formula is C22H28F3N4O2S2+. The molecule has 1 aliphatic heterocycles. The minimum atomic E-state index is -4.78. The Morgan fingerprint density at radius 2 is 1.85 bits per heavy atom. The normalized spacial score (nSPS) is 17.0. The van der Waals surface area contributed by atoms with Gasteiger partial charge in [0.2, 0.25) is 0 Å². The molecule has 0 bridgehead atoms. The first-order chi connectivity index (χ1) is 15.8. The van der Waals surface area contributed by atoms with Gasteiger partial charge in [0, 0.05) is 31.0 Å². The second-order valence-corrected chi connectivity index (χ2v) is 8.60. The van der Waals surface area contributed by atoms with Crippen molar-refractivity contribution in [2.45, 2.75) is 25.8 Å². The number of benzene rings is 1. The zero-order valence-electron chi connectivity index (χ0n) is 18.4. The Morgan fingerprint density at radius 3 is 2.39 bits per heavy atom. The number of aliphatic imine (C=N–C) groups is 1. The van der Waals surface area contributed by atoms with E-state index in [1.54, 1.807) is 17.5 Å². The fraction of sp³-hybridized carbons (Fsp3) is 0.364. The van der Waals surface area contributed by atoms with Crippen molar-refractivity contribution in [2.75, 3.05) is 26.2 Å². The van der Waals surface area contributed by atoms with E-state index in [4.69, 9.17) is 5.21 Å². The number of nitrogens with zero attached hydrogens (tertiary/aromatic N) is 3. The lowest BCUT2D eigenvalue weighted by atomic mass is 10.2. The SMILES string of the molecule is CC.O/N=C(\C=C(/N=CSCc1ccc([N+]2(O)CCNCC2)cc1)c1cccs1)C(F)(F)F. The third kappa shape index (κ3) is 7.97. The number of oxime groups is 1. The molecule has 0 amide bonds. The van der Waals surface area contributed by atoms with E-state index in [0.29, 0.717) is 23.7 Å². The third-order valence-electron chi connectivity index (χ3n) is 4.70. The third-order valence-corrected chi connectivity index (χ3v) is 6.34. The van der Waals surface area contributed by atoms with Crippen LogP contribution in [0.1, 0.15) is 24.3 Å². The number of halogens is 3. The Morgan fingerprint density at radius 1 is 1.18 bits per heavy atom. The van der Waals surface area contributed by atoms with E-state index in [1.807, 2.05) is 38.1 Å². The number of nitrogens with one attached hydrogen (secondary N) is 1. The van der Waals surface area contributed by atoms with Gasteiger partial charge in [0.15, 0.2) is 11.4 Å². The molecule has 0 spiro atoms. The van der Waals surface area contributed by atoms with E-state index in [9.17, 15) is 18.4 Å². The zero-order chi connectivity index (χ0) is 24.3. The van der Waals surface area contributed by atoms with Crippen molar-refractivity contribution >= 4 is 45.7 Å². The summed E-state index contributed by atoms with van der Waals surface area (Å²) in [5.74, 6) is 0.564. The number of quaternary nitrogens is 1. The molecule has 0 atom stereocenters. The second kappa shape index (κ2) is 12.9. The molecule has 33 heavy (non-hydrogen) atoms. The Bertz CT molecular complexity index is 938. The van der Waals surface area contributed by atoms with Crippen molar-refractivity contribution in [2.24, 2.45) is 10.1 Å². The van der Waals surface area contributed by atoms with Gasteiger partial charge in [-0.2, -0.15) is 13.2 Å². The van der Waals surface area contributed by atoms with Gasteiger partial charge in [-0.15, -0.1) is 27.7 Å². The summed E-state index contributed by atoms with van der Waals surface area (Å²) in [6.07, 6.45) is -4.06. The highest BCUT2D eigenvalue weighted by Gasteiger charge is 2.35. The van der Waals surface area contributed by atoms with Crippen LogP contribution in [0.5, 0.6) is 0 Å². The number of hydroxylamine groups is 2. The van der Waals surface area contributed by atoms with E-state index in [1.165, 1.54) is 28.6 Å². The van der Waals surface area contributed by atoms with E-state index in [-0.39, 0.29) is 10.3 Å². The molecule has 3 rings (SSSR count). The summed E-state index contributed by atoms with van der Waals surface area (Å²) in [7, 11) is 0. The van der Waals surface area contributed by atoms with Crippen LogP contribution in [0.15, 0.2) is 58.0 Å². The number of thiophene rings is 1. The van der Waals surface area contributed by atoms with Gasteiger partial charge in [-0.3, -0.25) is 0 Å². The molecule has 180 valence electrons. The highest BCUT2D eigenvalue weighted by atomic mass is 32.2. The van der Waals surface area contributed by atoms with Crippen LogP contribution in [0.3, 0.4) is 0 Å². The van der Waals surface area contributed by atoms with Crippen molar-refractivity contribution in [3.8, 4) is 0 Å². The lowest BCUT2D eigenvalue weighted by molar-refractivity contribution is -0.0871. The Labute approximate surface area is 199 Å². The van der Waals surface area contributed by atoms with Gasteiger partial charge < -0.3 is 10.5 Å². The molecule has 1 aromatic heterocycles. The zero-order valence-corrected chi connectivity index (χ0v) is 20.1. The predicted molar refractivity (Wildman–Crippen MR) is 131 cm³/mol. The van der Waals surface area contributed by atoms with Crippen molar-refractivity contribution in [1.82, 2.24) is 9.96 Å². The molecule has 1 saturated heterocycles. The first-order valence-corrected chi connectivity index (χ1v) is 12.3. The number of thioether (sulfide) groups is 1. The first kappa shape index (κ1) is 27.1. The molecule has 0 saturated carbocycles. The smallest absolute Gasteiger partial charge is 0.410 e. The van der Waals surface area contributed by atoms with Crippen molar-refractivity contribution in [3.05, 3.63) is 58.3 Å². The van der Waals surface area contributed by atoms with Crippen LogP contribution in [0.2, 0.25) is 0 Å². The summed E-state index contributed by atoms with van der Waals surface area (Å²) in [4.78, 5) is 4.68. The summed E-state index contributed by atoms with van der Waals surface area (Å²) < 4.78 is 38.7. The highest BCUT2D eigenvalue weighted by Crippen LogP contribution is 2.27. The topological polar surface area (TPSA) is 77.2 Å². The maximum atomic E-state index is 12.9. The Balaban J connectivity index is 0.00000187. The van der Waals surface area contributed by atoms with Gasteiger partial charge in [0.25, 0.3) is 0 Å². The van der Waals surface area contributed by atoms with E-state index in [0.717, 1.165) is 30.4 Å². The molecule has 11 heteroatoms. The number of hydrogen-bond acceptors (Lipinski definition) is 7. The quantitative estimate of drug-likeness (QED) is 0.148. The summed E-state index contributed by atoms with van der Waals surface area (Å²) >= 11 is 2.56. The molecule has 6 nitrogen and oxygen atoms in total. The standard InChI is InChI=1S/C20H21F3N4O2S2.C2H6/c21-20(22,23)19(26-28)12-17(18-2-1-11-31-18)25-14-30-13-15-3-5-16(6-4-15)27(29)9-7-24-8-10-27;1-2/h1-6,11-12,14,24,29H,7-10,13H2;1-2H3/p+1/b17-12-,25-14?,26-19+;. The molecule has 0 unspecified atom stereocenters. The maximum Gasteiger partial charge on any atom is 0.436 e.